The summed E-state index contributed by atoms with van der Waals surface area (Å²) in [7, 11) is 0. The summed E-state index contributed by atoms with van der Waals surface area (Å²) in [5.74, 6) is -1.77. The lowest BCUT2D eigenvalue weighted by atomic mass is 10.0. The summed E-state index contributed by atoms with van der Waals surface area (Å²) in [6.07, 6.45) is 2.97. The first-order valence-electron chi connectivity index (χ1n) is 10.1. The summed E-state index contributed by atoms with van der Waals surface area (Å²) in [6.45, 7) is 3.27. The highest BCUT2D eigenvalue weighted by molar-refractivity contribution is 7.17. The highest BCUT2D eigenvalue weighted by Gasteiger charge is 2.25. The van der Waals surface area contributed by atoms with Crippen LogP contribution >= 0.6 is 11.3 Å². The first kappa shape index (κ1) is 22.2. The Labute approximate surface area is 193 Å². The normalized spacial score (nSPS) is 10.7. The highest BCUT2D eigenvalue weighted by atomic mass is 32.1. The number of rotatable bonds is 7. The van der Waals surface area contributed by atoms with Crippen molar-refractivity contribution in [3.8, 4) is 11.1 Å². The molecule has 9 nitrogen and oxygen atoms in total. The zero-order chi connectivity index (χ0) is 23.4. The highest BCUT2D eigenvalue weighted by Crippen LogP contribution is 2.40. The van der Waals surface area contributed by atoms with Crippen molar-refractivity contribution in [1.29, 1.82) is 0 Å². The molecule has 0 atom stereocenters. The van der Waals surface area contributed by atoms with Crippen LogP contribution in [0.15, 0.2) is 55.0 Å². The van der Waals surface area contributed by atoms with Gasteiger partial charge in [-0.05, 0) is 31.5 Å². The Hall–Kier alpha value is -4.05. The van der Waals surface area contributed by atoms with Crippen molar-refractivity contribution in [3.05, 3.63) is 71.0 Å². The number of amides is 1. The molecule has 33 heavy (non-hydrogen) atoms. The molecule has 0 spiro atoms. The third-order valence-corrected chi connectivity index (χ3v) is 5.76. The van der Waals surface area contributed by atoms with Gasteiger partial charge in [0, 0.05) is 16.6 Å². The average Bonchev–Trinajstić information content (AvgIpc) is 3.41. The van der Waals surface area contributed by atoms with E-state index < -0.39 is 24.5 Å². The monoisotopic (exact) mass is 464 g/mol. The first-order valence-corrected chi connectivity index (χ1v) is 10.9. The molecule has 3 heterocycles. The van der Waals surface area contributed by atoms with Gasteiger partial charge in [-0.3, -0.25) is 9.20 Å². The van der Waals surface area contributed by atoms with Crippen molar-refractivity contribution in [1.82, 2.24) is 14.6 Å². The third kappa shape index (κ3) is 4.75. The molecule has 4 aromatic rings. The van der Waals surface area contributed by atoms with Crippen molar-refractivity contribution in [2.45, 2.75) is 13.8 Å². The number of nitrogens with one attached hydrogen (secondary N) is 1. The molecule has 1 aromatic carbocycles. The Kier molecular flexibility index (Phi) is 6.45. The number of benzene rings is 1. The van der Waals surface area contributed by atoms with Gasteiger partial charge in [0.1, 0.15) is 16.9 Å². The molecule has 0 unspecified atom stereocenters. The number of anilines is 1. The zero-order valence-corrected chi connectivity index (χ0v) is 18.7. The molecular weight excluding hydrogens is 444 g/mol. The van der Waals surface area contributed by atoms with Crippen LogP contribution in [-0.4, -0.2) is 45.7 Å². The van der Waals surface area contributed by atoms with Crippen LogP contribution in [0.1, 0.15) is 32.5 Å². The lowest BCUT2D eigenvalue weighted by Gasteiger charge is -2.09. The van der Waals surface area contributed by atoms with Gasteiger partial charge in [-0.15, -0.1) is 21.5 Å². The van der Waals surface area contributed by atoms with Gasteiger partial charge in [0.2, 0.25) is 0 Å². The summed E-state index contributed by atoms with van der Waals surface area (Å²) < 4.78 is 11.9. The standard InChI is InChI=1S/C23H20N4O5S/c1-3-31-23(30)20-19(15-7-5-4-6-8-15)14(2)33-21(20)25-18(28)12-32-22(29)16-9-10-17-26-24-13-27(17)11-16/h4-11,13H,3,12H2,1-2H3,(H,25,28). The van der Waals surface area contributed by atoms with E-state index >= 15 is 0 Å². The molecule has 168 valence electrons. The van der Waals surface area contributed by atoms with Gasteiger partial charge in [0.25, 0.3) is 5.91 Å². The average molecular weight is 465 g/mol. The summed E-state index contributed by atoms with van der Waals surface area (Å²) in [4.78, 5) is 38.5. The van der Waals surface area contributed by atoms with Crippen LogP contribution < -0.4 is 5.32 Å². The van der Waals surface area contributed by atoms with E-state index in [1.165, 1.54) is 29.9 Å². The van der Waals surface area contributed by atoms with Gasteiger partial charge >= 0.3 is 11.9 Å². The summed E-state index contributed by atoms with van der Waals surface area (Å²) in [5.41, 5.74) is 2.65. The second-order valence-corrected chi connectivity index (χ2v) is 8.19. The molecule has 10 heteroatoms. The van der Waals surface area contributed by atoms with E-state index in [4.69, 9.17) is 9.47 Å². The number of aromatic nitrogens is 3. The van der Waals surface area contributed by atoms with Crippen LogP contribution in [0.4, 0.5) is 5.00 Å². The van der Waals surface area contributed by atoms with E-state index in [1.807, 2.05) is 37.3 Å². The van der Waals surface area contributed by atoms with E-state index in [9.17, 15) is 14.4 Å². The maximum atomic E-state index is 12.7. The van der Waals surface area contributed by atoms with Crippen LogP contribution in [0.2, 0.25) is 0 Å². The van der Waals surface area contributed by atoms with Crippen molar-refractivity contribution in [3.63, 3.8) is 0 Å². The second-order valence-electron chi connectivity index (χ2n) is 6.96. The minimum Gasteiger partial charge on any atom is -0.462 e. The minimum absolute atomic E-state index is 0.198. The van der Waals surface area contributed by atoms with E-state index in [-0.39, 0.29) is 17.7 Å². The van der Waals surface area contributed by atoms with Crippen LogP contribution in [0.5, 0.6) is 0 Å². The fraction of sp³-hybridized carbons (Fsp3) is 0.174. The molecule has 0 bridgehead atoms. The molecule has 0 saturated carbocycles. The van der Waals surface area contributed by atoms with Gasteiger partial charge in [-0.1, -0.05) is 30.3 Å². The van der Waals surface area contributed by atoms with Crippen LogP contribution in [0, 0.1) is 6.92 Å². The smallest absolute Gasteiger partial charge is 0.341 e. The Balaban J connectivity index is 1.51. The Morgan fingerprint density at radius 3 is 2.61 bits per heavy atom. The Bertz CT molecular complexity index is 1330. The van der Waals surface area contributed by atoms with Gasteiger partial charge in [-0.25, -0.2) is 9.59 Å². The van der Waals surface area contributed by atoms with Gasteiger partial charge in [0.05, 0.1) is 12.2 Å². The fourth-order valence-corrected chi connectivity index (χ4v) is 4.39. The predicted octanol–water partition coefficient (Wildman–Crippen LogP) is 3.74. The number of pyridine rings is 1. The Morgan fingerprint density at radius 1 is 1.06 bits per heavy atom. The lowest BCUT2D eigenvalue weighted by molar-refractivity contribution is -0.119. The number of fused-ring (bicyclic) bond motifs is 1. The fourth-order valence-electron chi connectivity index (χ4n) is 3.31. The van der Waals surface area contributed by atoms with E-state index in [0.29, 0.717) is 16.2 Å². The molecule has 0 aliphatic carbocycles. The predicted molar refractivity (Wildman–Crippen MR) is 122 cm³/mol. The van der Waals surface area contributed by atoms with Gasteiger partial charge in [-0.2, -0.15) is 0 Å². The van der Waals surface area contributed by atoms with E-state index in [2.05, 4.69) is 15.5 Å². The number of thiophene rings is 1. The SMILES string of the molecule is CCOC(=O)c1c(NC(=O)COC(=O)c2ccc3nncn3c2)sc(C)c1-c1ccccc1. The molecule has 1 N–H and O–H groups in total. The molecule has 0 aliphatic heterocycles. The maximum absolute atomic E-state index is 12.7. The molecule has 4 rings (SSSR count). The maximum Gasteiger partial charge on any atom is 0.341 e. The topological polar surface area (TPSA) is 112 Å². The van der Waals surface area contributed by atoms with Crippen molar-refractivity contribution in [2.24, 2.45) is 0 Å². The quantitative estimate of drug-likeness (QED) is 0.415. The number of hydrogen-bond donors (Lipinski definition) is 1. The number of aryl methyl sites for hydroxylation is 1. The Morgan fingerprint density at radius 2 is 1.85 bits per heavy atom. The number of ether oxygens (including phenoxy) is 2. The number of carbonyl (C=O) groups excluding carboxylic acids is 3. The van der Waals surface area contributed by atoms with Gasteiger partial charge < -0.3 is 14.8 Å². The third-order valence-electron chi connectivity index (χ3n) is 4.74. The number of hydrogen-bond acceptors (Lipinski definition) is 8. The second kappa shape index (κ2) is 9.61. The number of carbonyl (C=O) groups is 3. The number of nitrogens with zero attached hydrogens (tertiary/aromatic N) is 3. The van der Waals surface area contributed by atoms with Crippen LogP contribution in [0.3, 0.4) is 0 Å². The van der Waals surface area contributed by atoms with E-state index in [0.717, 1.165) is 10.4 Å². The van der Waals surface area contributed by atoms with Crippen LogP contribution in [-0.2, 0) is 14.3 Å². The largest absolute Gasteiger partial charge is 0.462 e. The summed E-state index contributed by atoms with van der Waals surface area (Å²) in [6, 6.07) is 12.6. The molecular formula is C23H20N4O5S. The van der Waals surface area contributed by atoms with Crippen molar-refractivity contribution < 1.29 is 23.9 Å². The van der Waals surface area contributed by atoms with Crippen molar-refractivity contribution >= 4 is 39.8 Å². The molecule has 3 aromatic heterocycles. The summed E-state index contributed by atoms with van der Waals surface area (Å²) >= 11 is 1.26. The lowest BCUT2D eigenvalue weighted by Crippen LogP contribution is -2.22. The first-order chi connectivity index (χ1) is 16.0. The van der Waals surface area contributed by atoms with Crippen molar-refractivity contribution in [2.75, 3.05) is 18.5 Å². The molecule has 0 radical (unpaired) electrons. The minimum atomic E-state index is -0.668. The number of esters is 2. The molecule has 0 saturated heterocycles. The van der Waals surface area contributed by atoms with Gasteiger partial charge in [0.15, 0.2) is 12.3 Å². The van der Waals surface area contributed by atoms with E-state index in [1.54, 1.807) is 17.4 Å². The zero-order valence-electron chi connectivity index (χ0n) is 17.9. The molecule has 1 amide bonds. The molecule has 0 aliphatic rings. The molecule has 0 fully saturated rings. The van der Waals surface area contributed by atoms with Crippen LogP contribution in [0.25, 0.3) is 16.8 Å². The summed E-state index contributed by atoms with van der Waals surface area (Å²) in [5, 5.41) is 10.6.